The van der Waals surface area contributed by atoms with Crippen molar-refractivity contribution in [2.45, 2.75) is 57.3 Å². The van der Waals surface area contributed by atoms with Crippen LogP contribution in [0.2, 0.25) is 0 Å². The molecule has 2 N–H and O–H groups in total. The number of carbonyl (C=O) groups excluding carboxylic acids is 1. The van der Waals surface area contributed by atoms with E-state index in [2.05, 4.69) is 66.8 Å². The number of nitrogens with two attached hydrogens (primary N) is 1. The lowest BCUT2D eigenvalue weighted by atomic mass is 9.49. The van der Waals surface area contributed by atoms with E-state index in [9.17, 15) is 4.79 Å². The van der Waals surface area contributed by atoms with E-state index in [4.69, 9.17) is 29.4 Å². The molecule has 4 saturated carbocycles. The van der Waals surface area contributed by atoms with Crippen LogP contribution in [-0.2, 0) is 25.4 Å². The number of carbonyl (C=O) groups is 1. The van der Waals surface area contributed by atoms with Gasteiger partial charge in [-0.05, 0) is 128 Å². The summed E-state index contributed by atoms with van der Waals surface area (Å²) in [4.78, 5) is 13.1. The summed E-state index contributed by atoms with van der Waals surface area (Å²) in [6, 6.07) is 24.4. The van der Waals surface area contributed by atoms with Crippen molar-refractivity contribution in [3.63, 3.8) is 0 Å². The monoisotopic (exact) mass is 703 g/mol. The Bertz CT molecular complexity index is 1660. The van der Waals surface area contributed by atoms with E-state index in [1.807, 2.05) is 36.4 Å². The molecule has 7 heteroatoms. The zero-order valence-electron chi connectivity index (χ0n) is 30.3. The van der Waals surface area contributed by atoms with Gasteiger partial charge in [0.2, 0.25) is 0 Å². The molecule has 0 heterocycles. The third-order valence-corrected chi connectivity index (χ3v) is 11.2. The van der Waals surface area contributed by atoms with Gasteiger partial charge in [0.15, 0.2) is 0 Å². The quantitative estimate of drug-likeness (QED) is 0.0805. The van der Waals surface area contributed by atoms with Crippen LogP contribution in [0.5, 0.6) is 11.5 Å². The number of ether oxygens (including phenoxy) is 5. The molecule has 0 aromatic heterocycles. The molecular weight excluding hydrogens is 650 g/mol. The molecule has 3 aromatic rings. The highest BCUT2D eigenvalue weighted by atomic mass is 16.6. The fraction of sp³-hybridized carbons (Fsp3) is 0.444. The van der Waals surface area contributed by atoms with Gasteiger partial charge in [-0.2, -0.15) is 0 Å². The second kappa shape index (κ2) is 17.5. The molecule has 4 fully saturated rings. The van der Waals surface area contributed by atoms with Crippen LogP contribution in [-0.4, -0.2) is 52.2 Å². The molecule has 5 aliphatic carbocycles. The standard InChI is InChI=1S/C45H53NO6/c46-41-14-10-39(11-15-41)37-4-1-5-38(9-8-37)40-12-18-43(19-13-40)51-26-24-49-22-21-48-23-25-50-42-16-6-33(7-17-42)3-2-20-52-44(47)45-30-34-27-35(31-45)29-36(28-34)32-45/h1,4-19,34-37H,2-3,20-32,46H2. The highest BCUT2D eigenvalue weighted by molar-refractivity contribution is 5.78. The van der Waals surface area contributed by atoms with Gasteiger partial charge in [0, 0.05) is 11.6 Å². The van der Waals surface area contributed by atoms with Gasteiger partial charge in [-0.25, -0.2) is 0 Å². The molecule has 8 rings (SSSR count). The molecule has 0 radical (unpaired) electrons. The van der Waals surface area contributed by atoms with Gasteiger partial charge in [0.05, 0.1) is 38.4 Å². The normalized spacial score (nSPS) is 24.3. The number of allylic oxidation sites excluding steroid dienone is 6. The van der Waals surface area contributed by atoms with Crippen molar-refractivity contribution in [1.29, 1.82) is 0 Å². The van der Waals surface area contributed by atoms with E-state index in [1.165, 1.54) is 30.4 Å². The molecular formula is C45H53NO6. The van der Waals surface area contributed by atoms with Crippen molar-refractivity contribution in [1.82, 2.24) is 0 Å². The summed E-state index contributed by atoms with van der Waals surface area (Å²) in [5.74, 6) is 4.22. The maximum absolute atomic E-state index is 13.1. The van der Waals surface area contributed by atoms with Crippen molar-refractivity contribution in [2.24, 2.45) is 23.2 Å². The van der Waals surface area contributed by atoms with Crippen molar-refractivity contribution in [3.05, 3.63) is 120 Å². The number of nitrogen functional groups attached to an aromatic ring is 1. The number of benzene rings is 3. The second-order valence-corrected chi connectivity index (χ2v) is 15.1. The first kappa shape index (κ1) is 36.0. The van der Waals surface area contributed by atoms with E-state index in [0.29, 0.717) is 46.2 Å². The van der Waals surface area contributed by atoms with Crippen LogP contribution in [0.1, 0.15) is 67.6 Å². The topological polar surface area (TPSA) is 89.2 Å². The minimum atomic E-state index is -0.163. The third kappa shape index (κ3) is 9.55. The van der Waals surface area contributed by atoms with E-state index >= 15 is 0 Å². The van der Waals surface area contributed by atoms with Gasteiger partial charge in [0.1, 0.15) is 24.7 Å². The summed E-state index contributed by atoms with van der Waals surface area (Å²) >= 11 is 0. The maximum atomic E-state index is 13.1. The molecule has 5 aliphatic rings. The van der Waals surface area contributed by atoms with Crippen LogP contribution in [0.25, 0.3) is 5.57 Å². The molecule has 1 unspecified atom stereocenters. The van der Waals surface area contributed by atoms with Crippen molar-refractivity contribution < 1.29 is 28.5 Å². The molecule has 0 saturated heterocycles. The molecule has 1 atom stereocenters. The van der Waals surface area contributed by atoms with Crippen LogP contribution in [0.4, 0.5) is 5.69 Å². The predicted octanol–water partition coefficient (Wildman–Crippen LogP) is 8.75. The number of hydrogen-bond donors (Lipinski definition) is 1. The number of anilines is 1. The molecule has 3 aromatic carbocycles. The van der Waals surface area contributed by atoms with Crippen LogP contribution in [0.3, 0.4) is 0 Å². The Hall–Kier alpha value is -4.33. The Morgan fingerprint density at radius 3 is 1.87 bits per heavy atom. The lowest BCUT2D eigenvalue weighted by Gasteiger charge is -2.55. The first-order valence-electron chi connectivity index (χ1n) is 19.2. The molecule has 52 heavy (non-hydrogen) atoms. The summed E-state index contributed by atoms with van der Waals surface area (Å²) in [5.41, 5.74) is 11.2. The van der Waals surface area contributed by atoms with E-state index < -0.39 is 0 Å². The third-order valence-electron chi connectivity index (χ3n) is 11.2. The smallest absolute Gasteiger partial charge is 0.312 e. The highest BCUT2D eigenvalue weighted by Gasteiger charge is 2.55. The largest absolute Gasteiger partial charge is 0.491 e. The van der Waals surface area contributed by atoms with Gasteiger partial charge in [0.25, 0.3) is 0 Å². The maximum Gasteiger partial charge on any atom is 0.312 e. The van der Waals surface area contributed by atoms with Crippen molar-refractivity contribution in [2.75, 3.05) is 52.0 Å². The van der Waals surface area contributed by atoms with Crippen molar-refractivity contribution in [3.8, 4) is 11.5 Å². The zero-order chi connectivity index (χ0) is 35.6. The SMILES string of the molecule is Nc1ccc(C2C=CC=C(c3ccc(OCCOCCOCCOc4ccc(CCCOC(=O)C56CC7CC(CC(C7)C5)C6)cc4)cc3)C=C2)cc1. The summed E-state index contributed by atoms with van der Waals surface area (Å²) in [7, 11) is 0. The number of esters is 1. The van der Waals surface area contributed by atoms with Gasteiger partial charge in [-0.3, -0.25) is 4.79 Å². The molecule has 4 bridgehead atoms. The Balaban J connectivity index is 0.698. The van der Waals surface area contributed by atoms with Gasteiger partial charge >= 0.3 is 5.97 Å². The van der Waals surface area contributed by atoms with Crippen LogP contribution >= 0.6 is 0 Å². The fourth-order valence-corrected chi connectivity index (χ4v) is 8.95. The molecule has 274 valence electrons. The highest BCUT2D eigenvalue weighted by Crippen LogP contribution is 2.60. The van der Waals surface area contributed by atoms with Crippen LogP contribution in [0.15, 0.2) is 103 Å². The number of hydrogen-bond acceptors (Lipinski definition) is 7. The van der Waals surface area contributed by atoms with Gasteiger partial charge in [-0.1, -0.05) is 66.8 Å². The van der Waals surface area contributed by atoms with Gasteiger partial charge < -0.3 is 29.4 Å². The summed E-state index contributed by atoms with van der Waals surface area (Å²) in [6.07, 6.45) is 19.8. The Labute approximate surface area is 308 Å². The minimum absolute atomic E-state index is 0.0838. The Kier molecular flexibility index (Phi) is 12.1. The molecule has 0 spiro atoms. The second-order valence-electron chi connectivity index (χ2n) is 15.1. The number of aryl methyl sites for hydroxylation is 1. The number of rotatable bonds is 18. The first-order valence-corrected chi connectivity index (χ1v) is 19.2. The first-order chi connectivity index (χ1) is 25.5. The van der Waals surface area contributed by atoms with Crippen LogP contribution in [0, 0.1) is 23.2 Å². The lowest BCUT2D eigenvalue weighted by molar-refractivity contribution is -0.171. The average molecular weight is 704 g/mol. The summed E-state index contributed by atoms with van der Waals surface area (Å²) in [5, 5.41) is 0. The van der Waals surface area contributed by atoms with E-state index in [-0.39, 0.29) is 17.3 Å². The summed E-state index contributed by atoms with van der Waals surface area (Å²) < 4.78 is 28.9. The fourth-order valence-electron chi connectivity index (χ4n) is 8.95. The Morgan fingerprint density at radius 1 is 0.673 bits per heavy atom. The molecule has 0 amide bonds. The molecule has 7 nitrogen and oxygen atoms in total. The average Bonchev–Trinajstić information content (AvgIpc) is 3.41. The van der Waals surface area contributed by atoms with Crippen LogP contribution < -0.4 is 15.2 Å². The predicted molar refractivity (Wildman–Crippen MR) is 205 cm³/mol. The summed E-state index contributed by atoms with van der Waals surface area (Å²) in [6.45, 7) is 3.44. The zero-order valence-corrected chi connectivity index (χ0v) is 30.3. The lowest BCUT2D eigenvalue weighted by Crippen LogP contribution is -2.50. The van der Waals surface area contributed by atoms with E-state index in [1.54, 1.807) is 0 Å². The minimum Gasteiger partial charge on any atom is -0.491 e. The Morgan fingerprint density at radius 2 is 1.25 bits per heavy atom. The van der Waals surface area contributed by atoms with E-state index in [0.717, 1.165) is 78.2 Å². The van der Waals surface area contributed by atoms with Crippen molar-refractivity contribution >= 4 is 17.2 Å². The molecule has 0 aliphatic heterocycles. The van der Waals surface area contributed by atoms with Gasteiger partial charge in [-0.15, -0.1) is 0 Å².